The van der Waals surface area contributed by atoms with Crippen molar-refractivity contribution in [3.8, 4) is 0 Å². The van der Waals surface area contributed by atoms with Gasteiger partial charge in [0, 0.05) is 7.05 Å². The Labute approximate surface area is 103 Å². The summed E-state index contributed by atoms with van der Waals surface area (Å²) in [7, 11) is 1.96. The Morgan fingerprint density at radius 2 is 2.18 bits per heavy atom. The quantitative estimate of drug-likeness (QED) is 0.816. The lowest BCUT2D eigenvalue weighted by Crippen LogP contribution is -2.37. The molecule has 0 spiro atoms. The summed E-state index contributed by atoms with van der Waals surface area (Å²) in [6.45, 7) is 7.73. The van der Waals surface area contributed by atoms with E-state index >= 15 is 0 Å². The van der Waals surface area contributed by atoms with Crippen LogP contribution in [0.15, 0.2) is 6.33 Å². The summed E-state index contributed by atoms with van der Waals surface area (Å²) in [5.74, 6) is 1.92. The van der Waals surface area contributed by atoms with Crippen LogP contribution in [0.3, 0.4) is 0 Å². The maximum Gasteiger partial charge on any atom is 0.140 e. The highest BCUT2D eigenvalue weighted by molar-refractivity contribution is 4.85. The number of nitrogens with one attached hydrogen (secondary N) is 1. The van der Waals surface area contributed by atoms with Crippen molar-refractivity contribution in [2.45, 2.75) is 26.3 Å². The minimum atomic E-state index is 0.852. The summed E-state index contributed by atoms with van der Waals surface area (Å²) < 4.78 is 1.87. The van der Waals surface area contributed by atoms with Gasteiger partial charge in [-0.1, -0.05) is 6.92 Å². The molecule has 0 atom stereocenters. The van der Waals surface area contributed by atoms with Crippen LogP contribution in [-0.4, -0.2) is 45.8 Å². The first-order chi connectivity index (χ1) is 8.29. The van der Waals surface area contributed by atoms with E-state index in [-0.39, 0.29) is 0 Å². The lowest BCUT2D eigenvalue weighted by molar-refractivity contribution is 0.170. The molecule has 1 fully saturated rings. The van der Waals surface area contributed by atoms with E-state index in [1.54, 1.807) is 6.33 Å². The largest absolute Gasteiger partial charge is 0.317 e. The van der Waals surface area contributed by atoms with Crippen LogP contribution in [-0.2, 0) is 13.6 Å². The molecule has 1 aliphatic heterocycles. The zero-order chi connectivity index (χ0) is 12.1. The van der Waals surface area contributed by atoms with Crippen molar-refractivity contribution in [3.05, 3.63) is 12.2 Å². The minimum absolute atomic E-state index is 0.852. The van der Waals surface area contributed by atoms with Crippen molar-refractivity contribution >= 4 is 0 Å². The maximum atomic E-state index is 4.28. The third-order valence-corrected chi connectivity index (χ3v) is 3.56. The van der Waals surface area contributed by atoms with Gasteiger partial charge in [0.15, 0.2) is 0 Å². The summed E-state index contributed by atoms with van der Waals surface area (Å²) >= 11 is 0. The van der Waals surface area contributed by atoms with Gasteiger partial charge in [-0.2, -0.15) is 5.10 Å². The van der Waals surface area contributed by atoms with E-state index in [9.17, 15) is 0 Å². The fourth-order valence-corrected chi connectivity index (χ4v) is 2.36. The molecule has 2 rings (SSSR count). The van der Waals surface area contributed by atoms with Gasteiger partial charge < -0.3 is 5.32 Å². The van der Waals surface area contributed by atoms with Crippen LogP contribution in [0.4, 0.5) is 0 Å². The smallest absolute Gasteiger partial charge is 0.140 e. The van der Waals surface area contributed by atoms with Crippen LogP contribution >= 0.6 is 0 Å². The van der Waals surface area contributed by atoms with Gasteiger partial charge in [0.2, 0.25) is 0 Å². The molecule has 0 amide bonds. The Kier molecular flexibility index (Phi) is 4.50. The van der Waals surface area contributed by atoms with Crippen LogP contribution in [0.25, 0.3) is 0 Å². The third-order valence-electron chi connectivity index (χ3n) is 3.56. The number of aromatic nitrogens is 3. The molecule has 5 nitrogen and oxygen atoms in total. The van der Waals surface area contributed by atoms with Crippen LogP contribution in [0.5, 0.6) is 0 Å². The number of hydrogen-bond acceptors (Lipinski definition) is 4. The van der Waals surface area contributed by atoms with Crippen molar-refractivity contribution in [2.75, 3.05) is 26.2 Å². The van der Waals surface area contributed by atoms with Gasteiger partial charge in [0.25, 0.3) is 0 Å². The fourth-order valence-electron chi connectivity index (χ4n) is 2.36. The summed E-state index contributed by atoms with van der Waals surface area (Å²) in [6, 6.07) is 0. The van der Waals surface area contributed by atoms with Gasteiger partial charge in [0.05, 0.1) is 6.54 Å². The van der Waals surface area contributed by atoms with Crippen molar-refractivity contribution in [1.29, 1.82) is 0 Å². The summed E-state index contributed by atoms with van der Waals surface area (Å²) in [4.78, 5) is 6.75. The average molecular weight is 237 g/mol. The van der Waals surface area contributed by atoms with Crippen molar-refractivity contribution < 1.29 is 0 Å². The predicted molar refractivity (Wildman–Crippen MR) is 67.5 cm³/mol. The highest BCUT2D eigenvalue weighted by Crippen LogP contribution is 2.17. The Morgan fingerprint density at radius 1 is 1.41 bits per heavy atom. The second-order valence-electron chi connectivity index (χ2n) is 4.83. The number of nitrogens with zero attached hydrogens (tertiary/aromatic N) is 4. The minimum Gasteiger partial charge on any atom is -0.317 e. The molecule has 96 valence electrons. The van der Waals surface area contributed by atoms with E-state index in [0.29, 0.717) is 0 Å². The Morgan fingerprint density at radius 3 is 2.76 bits per heavy atom. The molecule has 1 aliphatic rings. The first kappa shape index (κ1) is 12.5. The van der Waals surface area contributed by atoms with Crippen molar-refractivity contribution in [2.24, 2.45) is 13.0 Å². The fraction of sp³-hybridized carbons (Fsp3) is 0.833. The molecule has 0 bridgehead atoms. The van der Waals surface area contributed by atoms with Gasteiger partial charge in [-0.15, -0.1) is 0 Å². The molecule has 0 aromatic carbocycles. The summed E-state index contributed by atoms with van der Waals surface area (Å²) in [5.41, 5.74) is 0. The molecule has 1 N–H and O–H groups in total. The molecular weight excluding hydrogens is 214 g/mol. The molecule has 17 heavy (non-hydrogen) atoms. The van der Waals surface area contributed by atoms with E-state index in [1.165, 1.54) is 32.5 Å². The van der Waals surface area contributed by atoms with E-state index in [0.717, 1.165) is 24.8 Å². The molecule has 0 saturated carbocycles. The van der Waals surface area contributed by atoms with Gasteiger partial charge >= 0.3 is 0 Å². The standard InChI is InChI=1S/C12H23N5/c1-3-13-8-11-4-6-17(7-5-11)9-12-14-10-15-16(12)2/h10-11,13H,3-9H2,1-2H3. The third kappa shape index (κ3) is 3.51. The molecule has 0 aliphatic carbocycles. The molecule has 2 heterocycles. The number of hydrogen-bond donors (Lipinski definition) is 1. The van der Waals surface area contributed by atoms with E-state index in [4.69, 9.17) is 0 Å². The lowest BCUT2D eigenvalue weighted by Gasteiger charge is -2.31. The van der Waals surface area contributed by atoms with Gasteiger partial charge in [0.1, 0.15) is 12.2 Å². The topological polar surface area (TPSA) is 46.0 Å². The number of piperidine rings is 1. The highest BCUT2D eigenvalue weighted by atomic mass is 15.3. The Balaban J connectivity index is 1.74. The Hall–Kier alpha value is -0.940. The maximum absolute atomic E-state index is 4.28. The van der Waals surface area contributed by atoms with E-state index in [2.05, 4.69) is 27.2 Å². The average Bonchev–Trinajstić information content (AvgIpc) is 2.74. The zero-order valence-electron chi connectivity index (χ0n) is 10.9. The van der Waals surface area contributed by atoms with Crippen molar-refractivity contribution in [1.82, 2.24) is 25.0 Å². The molecule has 1 aromatic rings. The molecule has 0 radical (unpaired) electrons. The van der Waals surface area contributed by atoms with Crippen LogP contribution in [0.2, 0.25) is 0 Å². The molecule has 1 saturated heterocycles. The summed E-state index contributed by atoms with van der Waals surface area (Å²) in [6.07, 6.45) is 4.23. The molecular formula is C12H23N5. The first-order valence-electron chi connectivity index (χ1n) is 6.55. The second-order valence-corrected chi connectivity index (χ2v) is 4.83. The number of rotatable bonds is 5. The second kappa shape index (κ2) is 6.12. The normalized spacial score (nSPS) is 18.7. The lowest BCUT2D eigenvalue weighted by atomic mass is 9.97. The highest BCUT2D eigenvalue weighted by Gasteiger charge is 2.19. The number of likely N-dealkylation sites (tertiary alicyclic amines) is 1. The van der Waals surface area contributed by atoms with Gasteiger partial charge in [-0.25, -0.2) is 4.98 Å². The molecule has 0 unspecified atom stereocenters. The molecule has 5 heteroatoms. The van der Waals surface area contributed by atoms with Crippen LogP contribution in [0.1, 0.15) is 25.6 Å². The SMILES string of the molecule is CCNCC1CCN(Cc2ncnn2C)CC1. The van der Waals surface area contributed by atoms with Crippen molar-refractivity contribution in [3.63, 3.8) is 0 Å². The number of aryl methyl sites for hydroxylation is 1. The van der Waals surface area contributed by atoms with E-state index < -0.39 is 0 Å². The van der Waals surface area contributed by atoms with Crippen LogP contribution in [0, 0.1) is 5.92 Å². The Bertz CT molecular complexity index is 327. The zero-order valence-corrected chi connectivity index (χ0v) is 10.9. The first-order valence-corrected chi connectivity index (χ1v) is 6.55. The van der Waals surface area contributed by atoms with Crippen LogP contribution < -0.4 is 5.32 Å². The van der Waals surface area contributed by atoms with E-state index in [1.807, 2.05) is 11.7 Å². The van der Waals surface area contributed by atoms with Gasteiger partial charge in [-0.3, -0.25) is 9.58 Å². The van der Waals surface area contributed by atoms with Gasteiger partial charge in [-0.05, 0) is 44.9 Å². The molecule has 1 aromatic heterocycles. The summed E-state index contributed by atoms with van der Waals surface area (Å²) in [5, 5.41) is 7.55. The monoisotopic (exact) mass is 237 g/mol. The predicted octanol–water partition coefficient (Wildman–Crippen LogP) is 0.637.